The number of nitrogens with zero attached hydrogens (tertiary/aromatic N) is 2. The summed E-state index contributed by atoms with van der Waals surface area (Å²) >= 11 is 0. The summed E-state index contributed by atoms with van der Waals surface area (Å²) in [6.07, 6.45) is 2.53. The minimum absolute atomic E-state index is 0.184. The standard InChI is InChI=1S/C9H21N3O2/c1-2-5-12(7-8-13)6-3-4-9(10)11-14/h13-14H,2-8H2,1H3,(H2,10,11). The molecule has 0 aliphatic carbocycles. The van der Waals surface area contributed by atoms with E-state index < -0.39 is 0 Å². The highest BCUT2D eigenvalue weighted by molar-refractivity contribution is 5.79. The summed E-state index contributed by atoms with van der Waals surface area (Å²) in [6.45, 7) is 4.85. The zero-order chi connectivity index (χ0) is 10.8. The molecule has 0 spiro atoms. The monoisotopic (exact) mass is 203 g/mol. The molecule has 0 rings (SSSR count). The van der Waals surface area contributed by atoms with Gasteiger partial charge in [0.2, 0.25) is 0 Å². The Hall–Kier alpha value is -0.810. The average Bonchev–Trinajstić information content (AvgIpc) is 2.18. The van der Waals surface area contributed by atoms with Gasteiger partial charge >= 0.3 is 0 Å². The van der Waals surface area contributed by atoms with E-state index in [0.717, 1.165) is 25.9 Å². The Kier molecular flexibility index (Phi) is 8.27. The zero-order valence-electron chi connectivity index (χ0n) is 8.82. The van der Waals surface area contributed by atoms with Gasteiger partial charge in [0.25, 0.3) is 0 Å². The maximum atomic E-state index is 8.79. The number of aliphatic hydroxyl groups excluding tert-OH is 1. The molecule has 0 aromatic rings. The van der Waals surface area contributed by atoms with Crippen LogP contribution in [0.2, 0.25) is 0 Å². The van der Waals surface area contributed by atoms with E-state index in [2.05, 4.69) is 17.0 Å². The van der Waals surface area contributed by atoms with Crippen molar-refractivity contribution >= 4 is 5.84 Å². The third-order valence-corrected chi connectivity index (χ3v) is 1.99. The summed E-state index contributed by atoms with van der Waals surface area (Å²) < 4.78 is 0. The van der Waals surface area contributed by atoms with Gasteiger partial charge in [-0.25, -0.2) is 0 Å². The molecular formula is C9H21N3O2. The topological polar surface area (TPSA) is 82.1 Å². The molecule has 4 N–H and O–H groups in total. The predicted molar refractivity (Wildman–Crippen MR) is 56.5 cm³/mol. The largest absolute Gasteiger partial charge is 0.409 e. The number of rotatable bonds is 8. The van der Waals surface area contributed by atoms with Gasteiger partial charge in [-0.3, -0.25) is 0 Å². The summed E-state index contributed by atoms with van der Waals surface area (Å²) in [4.78, 5) is 2.17. The highest BCUT2D eigenvalue weighted by Crippen LogP contribution is 1.96. The van der Waals surface area contributed by atoms with Crippen LogP contribution in [0.3, 0.4) is 0 Å². The lowest BCUT2D eigenvalue weighted by Crippen LogP contribution is -2.29. The number of oxime groups is 1. The van der Waals surface area contributed by atoms with Crippen LogP contribution in [0.15, 0.2) is 5.16 Å². The fourth-order valence-electron chi connectivity index (χ4n) is 1.33. The van der Waals surface area contributed by atoms with Crippen LogP contribution in [0, 0.1) is 0 Å². The lowest BCUT2D eigenvalue weighted by atomic mass is 10.2. The number of amidine groups is 1. The summed E-state index contributed by atoms with van der Waals surface area (Å²) in [5, 5.41) is 20.0. The first-order chi connectivity index (χ1) is 6.74. The van der Waals surface area contributed by atoms with E-state index in [-0.39, 0.29) is 12.4 Å². The summed E-state index contributed by atoms with van der Waals surface area (Å²) in [7, 11) is 0. The van der Waals surface area contributed by atoms with Crippen LogP contribution in [0.5, 0.6) is 0 Å². The van der Waals surface area contributed by atoms with Crippen LogP contribution in [0.1, 0.15) is 26.2 Å². The second kappa shape index (κ2) is 8.77. The number of hydrogen-bond donors (Lipinski definition) is 3. The van der Waals surface area contributed by atoms with Crippen LogP contribution in [0.4, 0.5) is 0 Å². The first-order valence-corrected chi connectivity index (χ1v) is 5.04. The average molecular weight is 203 g/mol. The van der Waals surface area contributed by atoms with E-state index in [4.69, 9.17) is 16.0 Å². The third kappa shape index (κ3) is 6.68. The molecule has 0 aliphatic heterocycles. The van der Waals surface area contributed by atoms with Crippen molar-refractivity contribution in [2.45, 2.75) is 26.2 Å². The van der Waals surface area contributed by atoms with E-state index in [1.807, 2.05) is 0 Å². The number of aliphatic hydroxyl groups is 1. The molecule has 0 radical (unpaired) electrons. The number of nitrogens with two attached hydrogens (primary N) is 1. The Morgan fingerprint density at radius 3 is 2.57 bits per heavy atom. The van der Waals surface area contributed by atoms with Crippen molar-refractivity contribution in [2.75, 3.05) is 26.2 Å². The Balaban J connectivity index is 3.59. The van der Waals surface area contributed by atoms with Gasteiger partial charge in [0.1, 0.15) is 5.84 Å². The van der Waals surface area contributed by atoms with E-state index >= 15 is 0 Å². The third-order valence-electron chi connectivity index (χ3n) is 1.99. The molecule has 0 heterocycles. The van der Waals surface area contributed by atoms with E-state index in [0.29, 0.717) is 13.0 Å². The van der Waals surface area contributed by atoms with Gasteiger partial charge in [0, 0.05) is 13.0 Å². The fraction of sp³-hybridized carbons (Fsp3) is 0.889. The first-order valence-electron chi connectivity index (χ1n) is 5.04. The van der Waals surface area contributed by atoms with Crippen molar-refractivity contribution in [3.8, 4) is 0 Å². The summed E-state index contributed by atoms with van der Waals surface area (Å²) in [5.74, 6) is 0.269. The molecule has 5 nitrogen and oxygen atoms in total. The van der Waals surface area contributed by atoms with Gasteiger partial charge in [-0.1, -0.05) is 12.1 Å². The van der Waals surface area contributed by atoms with Crippen molar-refractivity contribution in [1.82, 2.24) is 4.90 Å². The summed E-state index contributed by atoms with van der Waals surface area (Å²) in [6, 6.07) is 0. The van der Waals surface area contributed by atoms with Crippen LogP contribution >= 0.6 is 0 Å². The minimum Gasteiger partial charge on any atom is -0.409 e. The molecular weight excluding hydrogens is 182 g/mol. The Labute approximate surface area is 85.2 Å². The Bertz CT molecular complexity index is 156. The Morgan fingerprint density at radius 2 is 2.07 bits per heavy atom. The van der Waals surface area contributed by atoms with Crippen LogP contribution in [0.25, 0.3) is 0 Å². The Morgan fingerprint density at radius 1 is 1.36 bits per heavy atom. The molecule has 0 aliphatic rings. The lowest BCUT2D eigenvalue weighted by molar-refractivity contribution is 0.195. The maximum absolute atomic E-state index is 8.79. The SMILES string of the molecule is CCCN(CCO)CCC/C(N)=N/O. The molecule has 0 saturated carbocycles. The van der Waals surface area contributed by atoms with Gasteiger partial charge in [0.05, 0.1) is 6.61 Å². The van der Waals surface area contributed by atoms with Gasteiger partial charge in [-0.15, -0.1) is 0 Å². The highest BCUT2D eigenvalue weighted by atomic mass is 16.4. The van der Waals surface area contributed by atoms with Gasteiger partial charge < -0.3 is 20.9 Å². The minimum atomic E-state index is 0.184. The van der Waals surface area contributed by atoms with Crippen molar-refractivity contribution in [1.29, 1.82) is 0 Å². The van der Waals surface area contributed by atoms with Gasteiger partial charge in [0.15, 0.2) is 0 Å². The fourth-order valence-corrected chi connectivity index (χ4v) is 1.33. The van der Waals surface area contributed by atoms with Gasteiger partial charge in [-0.2, -0.15) is 0 Å². The van der Waals surface area contributed by atoms with Crippen LogP contribution in [-0.4, -0.2) is 47.3 Å². The van der Waals surface area contributed by atoms with E-state index in [9.17, 15) is 0 Å². The highest BCUT2D eigenvalue weighted by Gasteiger charge is 2.02. The van der Waals surface area contributed by atoms with E-state index in [1.165, 1.54) is 0 Å². The molecule has 0 fully saturated rings. The number of hydrogen-bond acceptors (Lipinski definition) is 4. The molecule has 0 aromatic carbocycles. The smallest absolute Gasteiger partial charge is 0.139 e. The van der Waals surface area contributed by atoms with Crippen LogP contribution in [-0.2, 0) is 0 Å². The van der Waals surface area contributed by atoms with Crippen molar-refractivity contribution in [3.63, 3.8) is 0 Å². The molecule has 0 bridgehead atoms. The molecule has 5 heteroatoms. The lowest BCUT2D eigenvalue weighted by Gasteiger charge is -2.19. The molecule has 0 aromatic heterocycles. The second-order valence-electron chi connectivity index (χ2n) is 3.26. The quantitative estimate of drug-likeness (QED) is 0.228. The normalized spacial score (nSPS) is 12.4. The molecule has 0 amide bonds. The van der Waals surface area contributed by atoms with E-state index in [1.54, 1.807) is 0 Å². The first kappa shape index (κ1) is 13.2. The summed E-state index contributed by atoms with van der Waals surface area (Å²) in [5.41, 5.74) is 5.34. The molecule has 84 valence electrons. The zero-order valence-corrected chi connectivity index (χ0v) is 8.82. The van der Waals surface area contributed by atoms with Crippen molar-refractivity contribution in [2.24, 2.45) is 10.9 Å². The molecule has 0 unspecified atom stereocenters. The predicted octanol–water partition coefficient (Wildman–Crippen LogP) is 0.217. The van der Waals surface area contributed by atoms with Crippen LogP contribution < -0.4 is 5.73 Å². The van der Waals surface area contributed by atoms with Crippen molar-refractivity contribution in [3.05, 3.63) is 0 Å². The second-order valence-corrected chi connectivity index (χ2v) is 3.26. The van der Waals surface area contributed by atoms with Gasteiger partial charge in [-0.05, 0) is 25.9 Å². The molecule has 0 saturated heterocycles. The maximum Gasteiger partial charge on any atom is 0.139 e. The molecule has 0 atom stereocenters. The molecule has 14 heavy (non-hydrogen) atoms. The van der Waals surface area contributed by atoms with Crippen molar-refractivity contribution < 1.29 is 10.3 Å².